The largest absolute Gasteiger partial charge is 0.496 e. The van der Waals surface area contributed by atoms with E-state index in [2.05, 4.69) is 18.2 Å². The number of methoxy groups -OCH3 is 1. The van der Waals surface area contributed by atoms with Crippen LogP contribution in [0.3, 0.4) is 0 Å². The quantitative estimate of drug-likeness (QED) is 0.728. The maximum atomic E-state index is 8.99. The minimum Gasteiger partial charge on any atom is -0.496 e. The predicted molar refractivity (Wildman–Crippen MR) is 80.1 cm³/mol. The maximum absolute atomic E-state index is 8.99. The van der Waals surface area contributed by atoms with Crippen molar-refractivity contribution < 1.29 is 4.74 Å². The number of nitriles is 1. The molecule has 0 aliphatic heterocycles. The Morgan fingerprint density at radius 3 is 2.68 bits per heavy atom. The van der Waals surface area contributed by atoms with E-state index >= 15 is 0 Å². The van der Waals surface area contributed by atoms with E-state index in [-0.39, 0.29) is 0 Å². The van der Waals surface area contributed by atoms with E-state index in [4.69, 9.17) is 10.00 Å². The van der Waals surface area contributed by atoms with E-state index in [1.54, 1.807) is 7.11 Å². The molecule has 0 N–H and O–H groups in total. The Morgan fingerprint density at radius 1 is 1.26 bits per heavy atom. The van der Waals surface area contributed by atoms with Crippen molar-refractivity contribution in [3.63, 3.8) is 0 Å². The molecular formula is C17H19NO. The number of ether oxygens (including phenoxy) is 1. The highest BCUT2D eigenvalue weighted by molar-refractivity contribution is 5.62. The van der Waals surface area contributed by atoms with Crippen LogP contribution in [0.2, 0.25) is 0 Å². The van der Waals surface area contributed by atoms with Gasteiger partial charge in [-0.25, -0.2) is 0 Å². The highest BCUT2D eigenvalue weighted by Crippen LogP contribution is 2.26. The van der Waals surface area contributed by atoms with Gasteiger partial charge in [-0.2, -0.15) is 5.26 Å². The Labute approximate surface area is 115 Å². The molecule has 0 unspecified atom stereocenters. The van der Waals surface area contributed by atoms with Crippen molar-refractivity contribution >= 4 is 6.08 Å². The lowest BCUT2D eigenvalue weighted by Gasteiger charge is -2.08. The second-order valence-electron chi connectivity index (χ2n) is 4.12. The standard InChI is InChI=1S/C17H19NO/c1-4-5-6-7-8-9-10-16-12-15(13-18)11-14(2)17(16)19-3/h4-7,9-12H,8H2,1-3H3/b5-4-,7-6-,10-9+. The fourth-order valence-electron chi connectivity index (χ4n) is 1.81. The SMILES string of the molecule is C/C=C\C=C/C/C=C/c1cc(C#N)cc(C)c1OC. The minimum absolute atomic E-state index is 0.655. The molecule has 0 radical (unpaired) electrons. The number of hydrogen-bond donors (Lipinski definition) is 0. The van der Waals surface area contributed by atoms with Crippen molar-refractivity contribution in [3.8, 4) is 11.8 Å². The average molecular weight is 253 g/mol. The molecule has 0 fully saturated rings. The summed E-state index contributed by atoms with van der Waals surface area (Å²) in [6.07, 6.45) is 13.0. The third-order valence-corrected chi connectivity index (χ3v) is 2.65. The summed E-state index contributed by atoms with van der Waals surface area (Å²) in [7, 11) is 1.65. The van der Waals surface area contributed by atoms with Gasteiger partial charge in [0.25, 0.3) is 0 Å². The molecule has 2 heteroatoms. The van der Waals surface area contributed by atoms with E-state index in [9.17, 15) is 0 Å². The van der Waals surface area contributed by atoms with Gasteiger partial charge in [0.2, 0.25) is 0 Å². The van der Waals surface area contributed by atoms with Gasteiger partial charge >= 0.3 is 0 Å². The number of aryl methyl sites for hydroxylation is 1. The second kappa shape index (κ2) is 7.94. The van der Waals surface area contributed by atoms with E-state index in [1.165, 1.54) is 0 Å². The Hall–Kier alpha value is -2.27. The molecule has 98 valence electrons. The first kappa shape index (κ1) is 14.8. The molecule has 0 heterocycles. The molecule has 19 heavy (non-hydrogen) atoms. The molecule has 0 saturated carbocycles. The fraction of sp³-hybridized carbons (Fsp3) is 0.235. The molecule has 1 aromatic carbocycles. The van der Waals surface area contributed by atoms with E-state index in [1.807, 2.05) is 50.3 Å². The topological polar surface area (TPSA) is 33.0 Å². The van der Waals surface area contributed by atoms with Gasteiger partial charge in [-0.15, -0.1) is 0 Å². The van der Waals surface area contributed by atoms with Crippen molar-refractivity contribution in [1.29, 1.82) is 5.26 Å². The van der Waals surface area contributed by atoms with Crippen molar-refractivity contribution in [2.45, 2.75) is 20.3 Å². The smallest absolute Gasteiger partial charge is 0.129 e. The zero-order chi connectivity index (χ0) is 14.1. The molecule has 1 rings (SSSR count). The van der Waals surface area contributed by atoms with Crippen molar-refractivity contribution in [1.82, 2.24) is 0 Å². The summed E-state index contributed by atoms with van der Waals surface area (Å²) in [6.45, 7) is 3.93. The van der Waals surface area contributed by atoms with Crippen LogP contribution in [0.4, 0.5) is 0 Å². The van der Waals surface area contributed by atoms with Gasteiger partial charge in [0.05, 0.1) is 18.7 Å². The first-order chi connectivity index (χ1) is 9.22. The monoisotopic (exact) mass is 253 g/mol. The van der Waals surface area contributed by atoms with Gasteiger partial charge in [0, 0.05) is 5.56 Å². The van der Waals surface area contributed by atoms with Crippen LogP contribution >= 0.6 is 0 Å². The molecule has 2 nitrogen and oxygen atoms in total. The Morgan fingerprint density at radius 2 is 2.05 bits per heavy atom. The number of hydrogen-bond acceptors (Lipinski definition) is 2. The van der Waals surface area contributed by atoms with Crippen molar-refractivity contribution in [3.05, 3.63) is 59.2 Å². The molecule has 1 aromatic rings. The van der Waals surface area contributed by atoms with Crippen LogP contribution < -0.4 is 4.74 Å². The first-order valence-corrected chi connectivity index (χ1v) is 6.26. The maximum Gasteiger partial charge on any atom is 0.129 e. The summed E-state index contributed by atoms with van der Waals surface area (Å²) in [5.74, 6) is 0.827. The van der Waals surface area contributed by atoms with Gasteiger partial charge < -0.3 is 4.74 Å². The van der Waals surface area contributed by atoms with Crippen LogP contribution in [0.1, 0.15) is 30.0 Å². The molecule has 0 amide bonds. The highest BCUT2D eigenvalue weighted by Gasteiger charge is 2.05. The van der Waals surface area contributed by atoms with Gasteiger partial charge in [-0.3, -0.25) is 0 Å². The molecular weight excluding hydrogens is 234 g/mol. The minimum atomic E-state index is 0.655. The number of benzene rings is 1. The molecule has 0 bridgehead atoms. The zero-order valence-electron chi connectivity index (χ0n) is 11.7. The summed E-state index contributed by atoms with van der Waals surface area (Å²) in [4.78, 5) is 0. The third kappa shape index (κ3) is 4.48. The number of nitrogens with zero attached hydrogens (tertiary/aromatic N) is 1. The summed E-state index contributed by atoms with van der Waals surface area (Å²) in [5.41, 5.74) is 2.58. The average Bonchev–Trinajstić information content (AvgIpc) is 2.42. The lowest BCUT2D eigenvalue weighted by atomic mass is 10.0. The van der Waals surface area contributed by atoms with Crippen LogP contribution in [-0.2, 0) is 0 Å². The lowest BCUT2D eigenvalue weighted by Crippen LogP contribution is -1.92. The molecule has 0 spiro atoms. The van der Waals surface area contributed by atoms with Crippen LogP contribution in [0.25, 0.3) is 6.08 Å². The summed E-state index contributed by atoms with van der Waals surface area (Å²) >= 11 is 0. The molecule has 0 aromatic heterocycles. The van der Waals surface area contributed by atoms with Crippen LogP contribution in [0, 0.1) is 18.3 Å². The van der Waals surface area contributed by atoms with Gasteiger partial charge in [-0.1, -0.05) is 36.5 Å². The second-order valence-corrected chi connectivity index (χ2v) is 4.12. The normalized spacial score (nSPS) is 11.5. The van der Waals surface area contributed by atoms with E-state index < -0.39 is 0 Å². The van der Waals surface area contributed by atoms with Crippen LogP contribution in [-0.4, -0.2) is 7.11 Å². The van der Waals surface area contributed by atoms with E-state index in [0.29, 0.717) is 5.56 Å². The third-order valence-electron chi connectivity index (χ3n) is 2.65. The van der Waals surface area contributed by atoms with Gasteiger partial charge in [0.15, 0.2) is 0 Å². The van der Waals surface area contributed by atoms with E-state index in [0.717, 1.165) is 23.3 Å². The fourth-order valence-corrected chi connectivity index (χ4v) is 1.81. The number of rotatable bonds is 5. The molecule has 0 aliphatic carbocycles. The summed E-state index contributed by atoms with van der Waals surface area (Å²) in [5, 5.41) is 8.99. The van der Waals surface area contributed by atoms with Crippen LogP contribution in [0.5, 0.6) is 5.75 Å². The Balaban J connectivity index is 2.90. The van der Waals surface area contributed by atoms with Crippen molar-refractivity contribution in [2.24, 2.45) is 0 Å². The Kier molecular flexibility index (Phi) is 6.18. The lowest BCUT2D eigenvalue weighted by molar-refractivity contribution is 0.410. The van der Waals surface area contributed by atoms with Crippen molar-refractivity contribution in [2.75, 3.05) is 7.11 Å². The van der Waals surface area contributed by atoms with Gasteiger partial charge in [-0.05, 0) is 38.0 Å². The molecule has 0 atom stereocenters. The van der Waals surface area contributed by atoms with Crippen LogP contribution in [0.15, 0.2) is 42.5 Å². The molecule has 0 saturated heterocycles. The Bertz CT molecular complexity index is 545. The summed E-state index contributed by atoms with van der Waals surface area (Å²) < 4.78 is 5.38. The number of allylic oxidation sites excluding steroid dienone is 5. The summed E-state index contributed by atoms with van der Waals surface area (Å²) in [6, 6.07) is 5.85. The highest BCUT2D eigenvalue weighted by atomic mass is 16.5. The zero-order valence-corrected chi connectivity index (χ0v) is 11.7. The van der Waals surface area contributed by atoms with Gasteiger partial charge in [0.1, 0.15) is 5.75 Å². The first-order valence-electron chi connectivity index (χ1n) is 6.26. The molecule has 0 aliphatic rings. The predicted octanol–water partition coefficient (Wildman–Crippen LogP) is 4.41.